The van der Waals surface area contributed by atoms with Crippen molar-refractivity contribution in [3.8, 4) is 11.3 Å². The molecule has 1 heterocycles. The van der Waals surface area contributed by atoms with Crippen LogP contribution in [0.25, 0.3) is 17.3 Å². The molecular formula is C28H23N3. The quantitative estimate of drug-likeness (QED) is 0.424. The molecule has 2 aliphatic rings. The second kappa shape index (κ2) is 7.21. The molecule has 0 amide bonds. The molecule has 1 aromatic heterocycles. The van der Waals surface area contributed by atoms with Crippen LogP contribution in [-0.4, -0.2) is 9.97 Å². The standard InChI is InChI=1S/C28H23N3/c1-18-13-20-11-12-23(15-21(20)14-18)30-28-29-17-22-16-26(19-7-3-2-4-8-19)24-9-5-6-10-25(24)27(22)31-28/h2-12,14-15,17,26H,13,16H2,1H3,(H,29,30,31). The van der Waals surface area contributed by atoms with Gasteiger partial charge >= 0.3 is 0 Å². The van der Waals surface area contributed by atoms with Crippen molar-refractivity contribution in [1.82, 2.24) is 9.97 Å². The van der Waals surface area contributed by atoms with Gasteiger partial charge in [-0.2, -0.15) is 0 Å². The summed E-state index contributed by atoms with van der Waals surface area (Å²) >= 11 is 0. The third-order valence-corrected chi connectivity index (χ3v) is 6.36. The molecule has 2 aliphatic carbocycles. The first kappa shape index (κ1) is 18.1. The average Bonchev–Trinajstić information content (AvgIpc) is 3.18. The molecule has 0 bridgehead atoms. The highest BCUT2D eigenvalue weighted by atomic mass is 15.1. The summed E-state index contributed by atoms with van der Waals surface area (Å²) in [4.78, 5) is 9.61. The fourth-order valence-corrected chi connectivity index (χ4v) is 4.89. The van der Waals surface area contributed by atoms with E-state index in [2.05, 4.69) is 96.1 Å². The Morgan fingerprint density at radius 1 is 0.903 bits per heavy atom. The molecule has 0 aliphatic heterocycles. The molecular weight excluding hydrogens is 378 g/mol. The maximum Gasteiger partial charge on any atom is 0.227 e. The van der Waals surface area contributed by atoms with E-state index in [1.807, 2.05) is 6.20 Å². The Labute approximate surface area is 182 Å². The molecule has 0 radical (unpaired) electrons. The fraction of sp³-hybridized carbons (Fsp3) is 0.143. The topological polar surface area (TPSA) is 37.8 Å². The minimum absolute atomic E-state index is 0.332. The maximum absolute atomic E-state index is 4.95. The number of aromatic nitrogens is 2. The molecule has 0 spiro atoms. The summed E-state index contributed by atoms with van der Waals surface area (Å²) in [6.45, 7) is 2.18. The summed E-state index contributed by atoms with van der Waals surface area (Å²) in [5.41, 5.74) is 11.2. The van der Waals surface area contributed by atoms with Crippen LogP contribution in [0.4, 0.5) is 11.6 Å². The van der Waals surface area contributed by atoms with Crippen LogP contribution in [0.2, 0.25) is 0 Å². The van der Waals surface area contributed by atoms with Crippen LogP contribution in [0.5, 0.6) is 0 Å². The molecule has 31 heavy (non-hydrogen) atoms. The number of rotatable bonds is 3. The summed E-state index contributed by atoms with van der Waals surface area (Å²) in [7, 11) is 0. The van der Waals surface area contributed by atoms with Crippen LogP contribution < -0.4 is 5.32 Å². The van der Waals surface area contributed by atoms with E-state index in [-0.39, 0.29) is 0 Å². The largest absolute Gasteiger partial charge is 0.324 e. The maximum atomic E-state index is 4.95. The number of hydrogen-bond acceptors (Lipinski definition) is 3. The first-order valence-electron chi connectivity index (χ1n) is 10.8. The van der Waals surface area contributed by atoms with E-state index in [0.717, 1.165) is 24.2 Å². The molecule has 1 atom stereocenters. The van der Waals surface area contributed by atoms with Gasteiger partial charge in [-0.3, -0.25) is 0 Å². The third kappa shape index (κ3) is 3.23. The summed E-state index contributed by atoms with van der Waals surface area (Å²) < 4.78 is 0. The molecule has 1 N–H and O–H groups in total. The number of nitrogens with zero attached hydrogens (tertiary/aromatic N) is 2. The van der Waals surface area contributed by atoms with Gasteiger partial charge in [0.05, 0.1) is 5.69 Å². The van der Waals surface area contributed by atoms with E-state index >= 15 is 0 Å². The van der Waals surface area contributed by atoms with Gasteiger partial charge in [0, 0.05) is 23.4 Å². The lowest BCUT2D eigenvalue weighted by molar-refractivity contribution is 0.782. The van der Waals surface area contributed by atoms with Crippen LogP contribution in [0.1, 0.15) is 40.7 Å². The SMILES string of the molecule is CC1=Cc2cc(Nc3ncc4c(n3)-c3ccccc3C(c3ccccc3)C4)ccc2C1. The highest BCUT2D eigenvalue weighted by Gasteiger charge is 2.27. The number of anilines is 2. The molecule has 1 unspecified atom stereocenters. The van der Waals surface area contributed by atoms with Crippen LogP contribution in [0.15, 0.2) is 84.6 Å². The van der Waals surface area contributed by atoms with Gasteiger partial charge in [0.1, 0.15) is 0 Å². The minimum atomic E-state index is 0.332. The lowest BCUT2D eigenvalue weighted by Gasteiger charge is -2.27. The van der Waals surface area contributed by atoms with Crippen molar-refractivity contribution in [3.63, 3.8) is 0 Å². The van der Waals surface area contributed by atoms with Gasteiger partial charge in [0.15, 0.2) is 0 Å². The van der Waals surface area contributed by atoms with Crippen molar-refractivity contribution < 1.29 is 0 Å². The predicted molar refractivity (Wildman–Crippen MR) is 127 cm³/mol. The van der Waals surface area contributed by atoms with Crippen LogP contribution in [-0.2, 0) is 12.8 Å². The Balaban J connectivity index is 1.37. The number of fused-ring (bicyclic) bond motifs is 4. The minimum Gasteiger partial charge on any atom is -0.324 e. The summed E-state index contributed by atoms with van der Waals surface area (Å²) in [6, 6.07) is 25.9. The van der Waals surface area contributed by atoms with Crippen LogP contribution in [0, 0.1) is 0 Å². The summed E-state index contributed by atoms with van der Waals surface area (Å²) in [5.74, 6) is 0.976. The molecule has 0 saturated carbocycles. The zero-order valence-electron chi connectivity index (χ0n) is 17.5. The highest BCUT2D eigenvalue weighted by Crippen LogP contribution is 2.41. The van der Waals surface area contributed by atoms with E-state index in [0.29, 0.717) is 11.9 Å². The van der Waals surface area contributed by atoms with Crippen molar-refractivity contribution in [2.45, 2.75) is 25.7 Å². The number of hydrogen-bond donors (Lipinski definition) is 1. The fourth-order valence-electron chi connectivity index (χ4n) is 4.89. The molecule has 3 aromatic carbocycles. The van der Waals surface area contributed by atoms with E-state index in [9.17, 15) is 0 Å². The van der Waals surface area contributed by atoms with Crippen molar-refractivity contribution >= 4 is 17.7 Å². The van der Waals surface area contributed by atoms with Gasteiger partial charge in [-0.15, -0.1) is 0 Å². The smallest absolute Gasteiger partial charge is 0.227 e. The van der Waals surface area contributed by atoms with Crippen molar-refractivity contribution in [3.05, 3.63) is 112 Å². The molecule has 0 fully saturated rings. The van der Waals surface area contributed by atoms with Gasteiger partial charge in [-0.25, -0.2) is 9.97 Å². The van der Waals surface area contributed by atoms with Crippen LogP contribution in [0.3, 0.4) is 0 Å². The van der Waals surface area contributed by atoms with Crippen molar-refractivity contribution in [2.24, 2.45) is 0 Å². The second-order valence-corrected chi connectivity index (χ2v) is 8.53. The Bertz CT molecular complexity index is 1320. The molecule has 6 rings (SSSR count). The Kier molecular flexibility index (Phi) is 4.20. The Morgan fingerprint density at radius 2 is 1.74 bits per heavy atom. The third-order valence-electron chi connectivity index (χ3n) is 6.36. The second-order valence-electron chi connectivity index (χ2n) is 8.53. The molecule has 150 valence electrons. The van der Waals surface area contributed by atoms with E-state index in [1.165, 1.54) is 39.0 Å². The Morgan fingerprint density at radius 3 is 2.65 bits per heavy atom. The molecule has 3 nitrogen and oxygen atoms in total. The lowest BCUT2D eigenvalue weighted by Crippen LogP contribution is -2.15. The zero-order valence-corrected chi connectivity index (χ0v) is 17.5. The van der Waals surface area contributed by atoms with Crippen molar-refractivity contribution in [1.29, 1.82) is 0 Å². The van der Waals surface area contributed by atoms with Gasteiger partial charge in [0.25, 0.3) is 0 Å². The molecule has 3 heteroatoms. The molecule has 4 aromatic rings. The lowest BCUT2D eigenvalue weighted by atomic mass is 9.78. The molecule has 0 saturated heterocycles. The number of benzene rings is 3. The number of allylic oxidation sites excluding steroid dienone is 1. The first-order chi connectivity index (χ1) is 15.2. The normalized spacial score (nSPS) is 16.2. The Hall–Kier alpha value is -3.72. The highest BCUT2D eigenvalue weighted by molar-refractivity contribution is 5.74. The monoisotopic (exact) mass is 401 g/mol. The summed E-state index contributed by atoms with van der Waals surface area (Å²) in [6.07, 6.45) is 6.21. The van der Waals surface area contributed by atoms with E-state index in [1.54, 1.807) is 0 Å². The predicted octanol–water partition coefficient (Wildman–Crippen LogP) is 6.53. The average molecular weight is 402 g/mol. The van der Waals surface area contributed by atoms with E-state index in [4.69, 9.17) is 4.98 Å². The number of nitrogens with one attached hydrogen (secondary N) is 1. The van der Waals surface area contributed by atoms with Crippen LogP contribution >= 0.6 is 0 Å². The van der Waals surface area contributed by atoms with E-state index < -0.39 is 0 Å². The van der Waals surface area contributed by atoms with Gasteiger partial charge in [-0.1, -0.05) is 72.3 Å². The van der Waals surface area contributed by atoms with Gasteiger partial charge in [-0.05, 0) is 59.7 Å². The van der Waals surface area contributed by atoms with Gasteiger partial charge in [0.2, 0.25) is 5.95 Å². The first-order valence-corrected chi connectivity index (χ1v) is 10.8. The van der Waals surface area contributed by atoms with Gasteiger partial charge < -0.3 is 5.32 Å². The zero-order chi connectivity index (χ0) is 20.8. The van der Waals surface area contributed by atoms with Crippen molar-refractivity contribution in [2.75, 3.05) is 5.32 Å². The summed E-state index contributed by atoms with van der Waals surface area (Å²) in [5, 5.41) is 3.42.